The number of halogens is 2. The minimum Gasteiger partial charge on any atom is -0.456 e. The van der Waals surface area contributed by atoms with Gasteiger partial charge in [0, 0.05) is 84.7 Å². The second kappa shape index (κ2) is 25.4. The van der Waals surface area contributed by atoms with E-state index in [0.717, 1.165) is 42.7 Å². The Balaban J connectivity index is 0.000000292. The third-order valence-electron chi connectivity index (χ3n) is 10.5. The van der Waals surface area contributed by atoms with E-state index in [4.69, 9.17) is 23.7 Å². The van der Waals surface area contributed by atoms with E-state index < -0.39 is 41.6 Å². The Morgan fingerprint density at radius 3 is 2.42 bits per heavy atom. The zero-order valence-electron chi connectivity index (χ0n) is 38.0. The number of ether oxygens (including phenoxy) is 5. The van der Waals surface area contributed by atoms with Gasteiger partial charge in [0.15, 0.2) is 6.61 Å². The number of aldehydes is 1. The van der Waals surface area contributed by atoms with Crippen LogP contribution in [0.5, 0.6) is 0 Å². The van der Waals surface area contributed by atoms with E-state index >= 15 is 0 Å². The molecule has 0 spiro atoms. The number of nitrogens with one attached hydrogen (secondary N) is 2. The number of hydrogen-bond donors (Lipinski definition) is 2. The van der Waals surface area contributed by atoms with Gasteiger partial charge < -0.3 is 53.9 Å². The summed E-state index contributed by atoms with van der Waals surface area (Å²) in [5.41, 5.74) is 1.02. The van der Waals surface area contributed by atoms with Crippen LogP contribution >= 0.6 is 0 Å². The summed E-state index contributed by atoms with van der Waals surface area (Å²) in [5.74, 6) is -2.17. The first-order valence-corrected chi connectivity index (χ1v) is 21.5. The number of likely N-dealkylation sites (N-methyl/N-ethyl adjacent to an activating group) is 2. The zero-order valence-corrected chi connectivity index (χ0v) is 38.0. The van der Waals surface area contributed by atoms with Crippen molar-refractivity contribution in [1.29, 1.82) is 0 Å². The highest BCUT2D eigenvalue weighted by molar-refractivity contribution is 5.90. The van der Waals surface area contributed by atoms with Crippen molar-refractivity contribution >= 4 is 42.0 Å². The highest BCUT2D eigenvalue weighted by Gasteiger charge is 2.41. The molecule has 3 atom stereocenters. The number of benzene rings is 2. The van der Waals surface area contributed by atoms with E-state index in [9.17, 15) is 37.5 Å². The van der Waals surface area contributed by atoms with Gasteiger partial charge in [-0.15, -0.1) is 0 Å². The molecular formula is C46H62F2N6O11. The quantitative estimate of drug-likeness (QED) is 0.0746. The van der Waals surface area contributed by atoms with Gasteiger partial charge in [-0.3, -0.25) is 19.2 Å². The minimum atomic E-state index is -0.573. The van der Waals surface area contributed by atoms with Gasteiger partial charge in [0.1, 0.15) is 35.8 Å². The number of carbonyl (C=O) groups excluding carboxylic acids is 6. The normalized spacial score (nSPS) is 17.8. The molecule has 2 aromatic rings. The van der Waals surface area contributed by atoms with Crippen molar-refractivity contribution in [3.05, 3.63) is 89.6 Å². The van der Waals surface area contributed by atoms with Crippen molar-refractivity contribution in [1.82, 2.24) is 30.2 Å². The van der Waals surface area contributed by atoms with Gasteiger partial charge in [0.2, 0.25) is 5.91 Å². The van der Waals surface area contributed by atoms with Crippen LogP contribution < -0.4 is 10.6 Å². The first-order valence-electron chi connectivity index (χ1n) is 21.5. The molecule has 4 amide bonds. The molecule has 17 nitrogen and oxygen atoms in total. The molecule has 19 heteroatoms. The molecule has 0 bridgehead atoms. The molecule has 2 N–H and O–H groups in total. The molecule has 0 aromatic heterocycles. The fourth-order valence-corrected chi connectivity index (χ4v) is 7.27. The van der Waals surface area contributed by atoms with Crippen LogP contribution in [0, 0.1) is 17.6 Å². The lowest BCUT2D eigenvalue weighted by atomic mass is 9.88. The van der Waals surface area contributed by atoms with E-state index in [2.05, 4.69) is 10.6 Å². The molecule has 0 radical (unpaired) electrons. The molecule has 65 heavy (non-hydrogen) atoms. The zero-order chi connectivity index (χ0) is 47.5. The van der Waals surface area contributed by atoms with Crippen LogP contribution in [-0.4, -0.2) is 153 Å². The lowest BCUT2D eigenvalue weighted by Crippen LogP contribution is -2.58. The summed E-state index contributed by atoms with van der Waals surface area (Å²) in [6.07, 6.45) is 4.86. The van der Waals surface area contributed by atoms with Gasteiger partial charge >= 0.3 is 18.2 Å². The molecular weight excluding hydrogens is 851 g/mol. The van der Waals surface area contributed by atoms with E-state index in [1.165, 1.54) is 22.8 Å². The number of carbonyl (C=O) groups is 6. The average molecular weight is 913 g/mol. The molecule has 2 aromatic carbocycles. The van der Waals surface area contributed by atoms with Crippen molar-refractivity contribution < 1.29 is 61.2 Å². The summed E-state index contributed by atoms with van der Waals surface area (Å²) < 4.78 is 55.2. The highest BCUT2D eigenvalue weighted by atomic mass is 19.1. The number of hydrogen-bond acceptors (Lipinski definition) is 13. The van der Waals surface area contributed by atoms with Crippen LogP contribution in [0.2, 0.25) is 0 Å². The van der Waals surface area contributed by atoms with E-state index in [1.807, 2.05) is 35.2 Å². The fraction of sp³-hybridized carbons (Fsp3) is 0.522. The van der Waals surface area contributed by atoms with Crippen molar-refractivity contribution in [2.75, 3.05) is 73.3 Å². The number of nitrogens with zero attached hydrogens (tertiary/aromatic N) is 4. The number of alkyl carbamates (subject to hydrolysis) is 1. The molecule has 2 fully saturated rings. The lowest BCUT2D eigenvalue weighted by Gasteiger charge is -2.43. The smallest absolute Gasteiger partial charge is 0.410 e. The molecule has 3 unspecified atom stereocenters. The van der Waals surface area contributed by atoms with Gasteiger partial charge in [-0.25, -0.2) is 18.4 Å². The van der Waals surface area contributed by atoms with Gasteiger partial charge in [-0.1, -0.05) is 30.3 Å². The molecule has 0 saturated carbocycles. The third-order valence-corrected chi connectivity index (χ3v) is 10.5. The summed E-state index contributed by atoms with van der Waals surface area (Å²) in [4.78, 5) is 76.4. The van der Waals surface area contributed by atoms with Crippen molar-refractivity contribution in [2.45, 2.75) is 77.4 Å². The monoisotopic (exact) mass is 912 g/mol. The second-order valence-corrected chi connectivity index (χ2v) is 16.7. The number of rotatable bonds is 17. The van der Waals surface area contributed by atoms with Crippen molar-refractivity contribution in [3.63, 3.8) is 0 Å². The maximum Gasteiger partial charge on any atom is 0.410 e. The molecule has 356 valence electrons. The summed E-state index contributed by atoms with van der Waals surface area (Å²) in [6, 6.07) is 12.8. The van der Waals surface area contributed by atoms with Crippen LogP contribution in [-0.2, 0) is 49.4 Å². The molecule has 3 heterocycles. The van der Waals surface area contributed by atoms with Crippen LogP contribution in [0.25, 0.3) is 5.70 Å². The first-order chi connectivity index (χ1) is 30.9. The maximum atomic E-state index is 14.7. The Kier molecular flexibility index (Phi) is 20.2. The minimum absolute atomic E-state index is 0.0749. The lowest BCUT2D eigenvalue weighted by molar-refractivity contribution is -0.152. The summed E-state index contributed by atoms with van der Waals surface area (Å²) in [5, 5.41) is 5.96. The van der Waals surface area contributed by atoms with Gasteiger partial charge in [0.05, 0.1) is 31.5 Å². The molecule has 2 saturated heterocycles. The topological polar surface area (TPSA) is 186 Å². The Hall–Kier alpha value is -6.08. The third kappa shape index (κ3) is 17.1. The van der Waals surface area contributed by atoms with Crippen LogP contribution in [0.1, 0.15) is 58.1 Å². The van der Waals surface area contributed by atoms with E-state index in [0.29, 0.717) is 64.4 Å². The molecule has 5 rings (SSSR count). The molecule has 3 aliphatic heterocycles. The molecule has 3 aliphatic rings. The summed E-state index contributed by atoms with van der Waals surface area (Å²) in [7, 11) is 3.29. The predicted molar refractivity (Wildman–Crippen MR) is 234 cm³/mol. The first kappa shape index (κ1) is 51.6. The standard InChI is InChI=1S/C27H31F2N3O4.C19H31N3O7/c1-18(33)36-17-25(34)31(2)26(20-10-12-35-13-11-20)27-30-24(22-14-21(28)8-9-23(22)29)16-32(27)15-19-6-4-3-5-7-19;1-19(2,3)29-18(26)22-9-7-15(14-22)28-17(25)20-8-12-27-13-10-21(4)16(24)6-5-11-23/h3-9,14,16,20,26-27,30H,10-13,15,17H2,1-2H3;5-6,11,15H,7-10,12-14H2,1-4H3,(H,20,25)/b;6-5-. The van der Waals surface area contributed by atoms with Crippen molar-refractivity contribution in [2.24, 2.45) is 5.92 Å². The Morgan fingerprint density at radius 1 is 1.02 bits per heavy atom. The fourth-order valence-electron chi connectivity index (χ4n) is 7.27. The largest absolute Gasteiger partial charge is 0.456 e. The van der Waals surface area contributed by atoms with Crippen LogP contribution in [0.3, 0.4) is 0 Å². The number of amides is 4. The summed E-state index contributed by atoms with van der Waals surface area (Å²) >= 11 is 0. The Bertz CT molecular complexity index is 1980. The van der Waals surface area contributed by atoms with Crippen LogP contribution in [0.15, 0.2) is 66.9 Å². The SMILES string of the molecule is CC(=O)OCC(=O)N(C)C(C1CCOCC1)C1NC(c2cc(F)ccc2F)=CN1Cc1ccccc1.CN(CCOCCNC(=O)OC1CCN(C(=O)OC(C)(C)C)C1)C(=O)/C=C\C=O. The number of esters is 1. The maximum absolute atomic E-state index is 14.7. The number of likely N-dealkylation sites (tertiary alicyclic amines) is 1. The van der Waals surface area contributed by atoms with Gasteiger partial charge in [-0.2, -0.15) is 0 Å². The number of allylic oxidation sites excluding steroid dienone is 1. The van der Waals surface area contributed by atoms with E-state index in [-0.39, 0.29) is 55.2 Å². The van der Waals surface area contributed by atoms with Gasteiger partial charge in [-0.05, 0) is 69.4 Å². The van der Waals surface area contributed by atoms with Gasteiger partial charge in [0.25, 0.3) is 5.91 Å². The average Bonchev–Trinajstić information content (AvgIpc) is 3.91. The Labute approximate surface area is 379 Å². The predicted octanol–water partition coefficient (Wildman–Crippen LogP) is 4.46. The van der Waals surface area contributed by atoms with Crippen molar-refractivity contribution in [3.8, 4) is 0 Å². The highest BCUT2D eigenvalue weighted by Crippen LogP contribution is 2.33. The summed E-state index contributed by atoms with van der Waals surface area (Å²) in [6.45, 7) is 9.85. The Morgan fingerprint density at radius 2 is 1.74 bits per heavy atom. The molecule has 0 aliphatic carbocycles. The van der Waals surface area contributed by atoms with Crippen LogP contribution in [0.4, 0.5) is 18.4 Å². The van der Waals surface area contributed by atoms with E-state index in [1.54, 1.807) is 46.0 Å². The second-order valence-electron chi connectivity index (χ2n) is 16.7.